The van der Waals surface area contributed by atoms with Gasteiger partial charge in [0.05, 0.1) is 5.52 Å². The van der Waals surface area contributed by atoms with Gasteiger partial charge in [-0.2, -0.15) is 0 Å². The lowest BCUT2D eigenvalue weighted by atomic mass is 10.2. The van der Waals surface area contributed by atoms with Gasteiger partial charge < -0.3 is 4.57 Å². The predicted molar refractivity (Wildman–Crippen MR) is 83.1 cm³/mol. The van der Waals surface area contributed by atoms with Crippen molar-refractivity contribution in [3.63, 3.8) is 0 Å². The summed E-state index contributed by atoms with van der Waals surface area (Å²) in [6.07, 6.45) is 2.08. The Labute approximate surface area is 122 Å². The first-order valence-corrected chi connectivity index (χ1v) is 7.67. The summed E-state index contributed by atoms with van der Waals surface area (Å²) in [5.74, 6) is 0. The molecule has 1 aromatic heterocycles. The number of hydrogen-bond donors (Lipinski definition) is 0. The number of hydrogen-bond acceptors (Lipinski definition) is 1. The number of fused-ring (bicyclic) bond motifs is 1. The van der Waals surface area contributed by atoms with Crippen molar-refractivity contribution >= 4 is 34.3 Å². The van der Waals surface area contributed by atoms with Gasteiger partial charge in [0, 0.05) is 22.9 Å². The van der Waals surface area contributed by atoms with Gasteiger partial charge in [-0.15, -0.1) is 11.8 Å². The SMILES string of the molecule is CSc1ccc(Cn2c(Cl)[c]c3ccccc32)cc1. The lowest BCUT2D eigenvalue weighted by Gasteiger charge is -2.08. The standard InChI is InChI=1S/C16H13ClNS/c1-19-14-8-6-12(7-9-14)11-18-15-5-3-2-4-13(15)10-16(18)17/h2-9H,11H2,1H3. The molecule has 0 saturated carbocycles. The molecule has 0 amide bonds. The van der Waals surface area contributed by atoms with E-state index in [1.54, 1.807) is 11.8 Å². The Morgan fingerprint density at radius 1 is 1.11 bits per heavy atom. The maximum Gasteiger partial charge on any atom is 0.118 e. The predicted octanol–water partition coefficient (Wildman–Crippen LogP) is 4.87. The highest BCUT2D eigenvalue weighted by Crippen LogP contribution is 2.24. The van der Waals surface area contributed by atoms with Crippen LogP contribution in [-0.2, 0) is 6.54 Å². The third-order valence-corrected chi connectivity index (χ3v) is 4.21. The lowest BCUT2D eigenvalue weighted by Crippen LogP contribution is -1.99. The highest BCUT2D eigenvalue weighted by molar-refractivity contribution is 7.98. The molecule has 3 heteroatoms. The maximum atomic E-state index is 6.28. The number of aromatic nitrogens is 1. The van der Waals surface area contributed by atoms with Crippen molar-refractivity contribution in [2.75, 3.05) is 6.26 Å². The molecule has 1 radical (unpaired) electrons. The summed E-state index contributed by atoms with van der Waals surface area (Å²) in [5, 5.41) is 1.73. The minimum Gasteiger partial charge on any atom is -0.327 e. The molecule has 3 rings (SSSR count). The molecular formula is C16H13ClNS. The smallest absolute Gasteiger partial charge is 0.118 e. The number of benzene rings is 2. The first-order chi connectivity index (χ1) is 9.28. The first-order valence-electron chi connectivity index (χ1n) is 6.07. The van der Waals surface area contributed by atoms with Crippen LogP contribution in [0.2, 0.25) is 5.15 Å². The van der Waals surface area contributed by atoms with Crippen LogP contribution in [-0.4, -0.2) is 10.8 Å². The van der Waals surface area contributed by atoms with E-state index in [1.807, 2.05) is 18.2 Å². The summed E-state index contributed by atoms with van der Waals surface area (Å²) in [7, 11) is 0. The summed E-state index contributed by atoms with van der Waals surface area (Å²) in [6.45, 7) is 0.775. The van der Waals surface area contributed by atoms with Crippen molar-refractivity contribution < 1.29 is 0 Å². The molecule has 1 nitrogen and oxygen atoms in total. The molecule has 1 heterocycles. The second kappa shape index (κ2) is 5.32. The van der Waals surface area contributed by atoms with E-state index in [2.05, 4.69) is 47.2 Å². The topological polar surface area (TPSA) is 4.93 Å². The molecule has 0 aliphatic rings. The van der Waals surface area contributed by atoms with E-state index >= 15 is 0 Å². The average Bonchev–Trinajstić information content (AvgIpc) is 2.76. The average molecular weight is 287 g/mol. The molecule has 0 saturated heterocycles. The van der Waals surface area contributed by atoms with E-state index in [-0.39, 0.29) is 0 Å². The second-order valence-electron chi connectivity index (χ2n) is 4.37. The van der Waals surface area contributed by atoms with E-state index in [0.29, 0.717) is 5.15 Å². The first kappa shape index (κ1) is 12.6. The maximum absolute atomic E-state index is 6.28. The number of para-hydroxylation sites is 1. The van der Waals surface area contributed by atoms with Crippen LogP contribution in [0, 0.1) is 6.07 Å². The molecule has 95 valence electrons. The van der Waals surface area contributed by atoms with Gasteiger partial charge >= 0.3 is 0 Å². The molecule has 0 bridgehead atoms. The number of halogens is 1. The van der Waals surface area contributed by atoms with Crippen molar-refractivity contribution in [3.8, 4) is 0 Å². The molecule has 0 N–H and O–H groups in total. The molecule has 0 fully saturated rings. The molecule has 0 aliphatic carbocycles. The highest BCUT2D eigenvalue weighted by Gasteiger charge is 2.07. The van der Waals surface area contributed by atoms with Gasteiger partial charge in [-0.05, 0) is 30.0 Å². The van der Waals surface area contributed by atoms with Crippen LogP contribution in [0.15, 0.2) is 53.4 Å². The monoisotopic (exact) mass is 286 g/mol. The fourth-order valence-corrected chi connectivity index (χ4v) is 2.83. The Morgan fingerprint density at radius 2 is 1.84 bits per heavy atom. The zero-order valence-electron chi connectivity index (χ0n) is 10.6. The van der Waals surface area contributed by atoms with Crippen molar-refractivity contribution in [1.82, 2.24) is 4.57 Å². The Hall–Kier alpha value is -1.38. The van der Waals surface area contributed by atoms with Gasteiger partial charge in [0.25, 0.3) is 0 Å². The molecule has 0 aliphatic heterocycles. The van der Waals surface area contributed by atoms with E-state index in [1.165, 1.54) is 10.5 Å². The molecule has 0 atom stereocenters. The molecule has 0 unspecified atom stereocenters. The van der Waals surface area contributed by atoms with Gasteiger partial charge in [-0.3, -0.25) is 0 Å². The van der Waals surface area contributed by atoms with Crippen LogP contribution in [0.4, 0.5) is 0 Å². The van der Waals surface area contributed by atoms with Crippen LogP contribution in [0.25, 0.3) is 10.9 Å². The summed E-state index contributed by atoms with van der Waals surface area (Å²) < 4.78 is 2.09. The van der Waals surface area contributed by atoms with Crippen LogP contribution < -0.4 is 0 Å². The van der Waals surface area contributed by atoms with Crippen molar-refractivity contribution in [2.24, 2.45) is 0 Å². The molecule has 19 heavy (non-hydrogen) atoms. The zero-order valence-corrected chi connectivity index (χ0v) is 12.1. The quantitative estimate of drug-likeness (QED) is 0.622. The normalized spacial score (nSPS) is 11.1. The minimum absolute atomic E-state index is 0.662. The zero-order chi connectivity index (χ0) is 13.2. The fourth-order valence-electron chi connectivity index (χ4n) is 2.17. The Balaban J connectivity index is 1.98. The number of thioether (sulfide) groups is 1. The van der Waals surface area contributed by atoms with E-state index in [0.717, 1.165) is 17.4 Å². The van der Waals surface area contributed by atoms with E-state index in [4.69, 9.17) is 11.6 Å². The van der Waals surface area contributed by atoms with Crippen molar-refractivity contribution in [2.45, 2.75) is 11.4 Å². The lowest BCUT2D eigenvalue weighted by molar-refractivity contribution is 0.836. The van der Waals surface area contributed by atoms with E-state index in [9.17, 15) is 0 Å². The minimum atomic E-state index is 0.662. The van der Waals surface area contributed by atoms with Crippen molar-refractivity contribution in [3.05, 3.63) is 65.3 Å². The van der Waals surface area contributed by atoms with Crippen molar-refractivity contribution in [1.29, 1.82) is 0 Å². The third kappa shape index (κ3) is 2.51. The summed E-state index contributed by atoms with van der Waals surface area (Å²) in [5.41, 5.74) is 2.37. The summed E-state index contributed by atoms with van der Waals surface area (Å²) in [4.78, 5) is 1.28. The summed E-state index contributed by atoms with van der Waals surface area (Å²) >= 11 is 8.03. The van der Waals surface area contributed by atoms with Crippen LogP contribution in [0.3, 0.4) is 0 Å². The molecule has 2 aromatic carbocycles. The van der Waals surface area contributed by atoms with Gasteiger partial charge in [0.15, 0.2) is 0 Å². The van der Waals surface area contributed by atoms with Crippen LogP contribution in [0.1, 0.15) is 5.56 Å². The second-order valence-corrected chi connectivity index (χ2v) is 5.60. The molecular weight excluding hydrogens is 274 g/mol. The largest absolute Gasteiger partial charge is 0.327 e. The Morgan fingerprint density at radius 3 is 2.58 bits per heavy atom. The molecule has 3 aromatic rings. The Bertz CT molecular complexity index is 700. The van der Waals surface area contributed by atoms with Gasteiger partial charge in [0.2, 0.25) is 0 Å². The highest BCUT2D eigenvalue weighted by atomic mass is 35.5. The van der Waals surface area contributed by atoms with Crippen LogP contribution >= 0.6 is 23.4 Å². The van der Waals surface area contributed by atoms with Gasteiger partial charge in [0.1, 0.15) is 5.15 Å². The molecule has 0 spiro atoms. The van der Waals surface area contributed by atoms with Gasteiger partial charge in [-0.1, -0.05) is 41.9 Å². The van der Waals surface area contributed by atoms with Crippen LogP contribution in [0.5, 0.6) is 0 Å². The fraction of sp³-hybridized carbons (Fsp3) is 0.125. The van der Waals surface area contributed by atoms with Gasteiger partial charge in [-0.25, -0.2) is 0 Å². The number of nitrogens with zero attached hydrogens (tertiary/aromatic N) is 1. The third-order valence-electron chi connectivity index (χ3n) is 3.17. The Kier molecular flexibility index (Phi) is 3.54. The van der Waals surface area contributed by atoms with E-state index < -0.39 is 0 Å². The summed E-state index contributed by atoms with van der Waals surface area (Å²) in [6, 6.07) is 19.9. The number of rotatable bonds is 3.